The topological polar surface area (TPSA) is 114 Å². The fraction of sp³-hybridized carbons (Fsp3) is 0.400. The third kappa shape index (κ3) is 4.05. The molecule has 4 rings (SSSR count). The van der Waals surface area contributed by atoms with Crippen molar-refractivity contribution in [2.24, 2.45) is 0 Å². The van der Waals surface area contributed by atoms with Gasteiger partial charge in [0.25, 0.3) is 0 Å². The van der Waals surface area contributed by atoms with E-state index in [4.69, 9.17) is 4.52 Å². The molecule has 0 aromatic carbocycles. The summed E-state index contributed by atoms with van der Waals surface area (Å²) >= 11 is 0. The molecule has 0 bridgehead atoms. The molecule has 158 valence electrons. The van der Waals surface area contributed by atoms with Gasteiger partial charge in [-0.2, -0.15) is 4.31 Å². The molecule has 1 aliphatic heterocycles. The minimum atomic E-state index is -3.67. The average Bonchev–Trinajstić information content (AvgIpc) is 3.07. The molecule has 3 aromatic rings. The molecule has 0 saturated carbocycles. The smallest absolute Gasteiger partial charge is 0.248 e. The van der Waals surface area contributed by atoms with Crippen molar-refractivity contribution in [2.75, 3.05) is 18.4 Å². The lowest BCUT2D eigenvalue weighted by Crippen LogP contribution is -2.39. The molecule has 1 aliphatic rings. The van der Waals surface area contributed by atoms with E-state index in [9.17, 15) is 8.42 Å². The Kier molecular flexibility index (Phi) is 5.52. The molecule has 1 fully saturated rings. The summed E-state index contributed by atoms with van der Waals surface area (Å²) < 4.78 is 33.0. The van der Waals surface area contributed by atoms with Gasteiger partial charge in [0, 0.05) is 48.5 Å². The van der Waals surface area contributed by atoms with E-state index in [-0.39, 0.29) is 10.8 Å². The maximum Gasteiger partial charge on any atom is 0.248 e. The molecule has 0 radical (unpaired) electrons. The first kappa shape index (κ1) is 20.4. The lowest BCUT2D eigenvalue weighted by molar-refractivity contribution is 0.312. The number of aryl methyl sites for hydroxylation is 3. The van der Waals surface area contributed by atoms with E-state index in [1.54, 1.807) is 32.4 Å². The van der Waals surface area contributed by atoms with Gasteiger partial charge in [-0.05, 0) is 45.7 Å². The molecule has 4 heterocycles. The Balaban J connectivity index is 1.59. The van der Waals surface area contributed by atoms with Crippen LogP contribution < -0.4 is 5.32 Å². The highest BCUT2D eigenvalue weighted by atomic mass is 32.2. The lowest BCUT2D eigenvalue weighted by Gasteiger charge is -2.31. The number of hydrogen-bond donors (Lipinski definition) is 1. The predicted molar refractivity (Wildman–Crippen MR) is 111 cm³/mol. The average molecular weight is 429 g/mol. The summed E-state index contributed by atoms with van der Waals surface area (Å²) in [7, 11) is -3.67. The lowest BCUT2D eigenvalue weighted by atomic mass is 9.95. The molecule has 1 atom stereocenters. The Morgan fingerprint density at radius 2 is 2.03 bits per heavy atom. The van der Waals surface area contributed by atoms with Crippen molar-refractivity contribution < 1.29 is 12.9 Å². The van der Waals surface area contributed by atoms with E-state index in [1.807, 2.05) is 19.1 Å². The van der Waals surface area contributed by atoms with E-state index in [0.29, 0.717) is 30.4 Å². The third-order valence-corrected chi connectivity index (χ3v) is 7.29. The van der Waals surface area contributed by atoms with Crippen LogP contribution in [0.4, 0.5) is 11.5 Å². The number of nitrogens with zero attached hydrogens (tertiary/aromatic N) is 5. The van der Waals surface area contributed by atoms with Crippen LogP contribution in [0, 0.1) is 20.8 Å². The van der Waals surface area contributed by atoms with Crippen LogP contribution in [0.3, 0.4) is 0 Å². The molecule has 1 N–H and O–H groups in total. The third-order valence-electron chi connectivity index (χ3n) is 5.18. The summed E-state index contributed by atoms with van der Waals surface area (Å²) in [6, 6.07) is 3.89. The summed E-state index contributed by atoms with van der Waals surface area (Å²) in [6.07, 6.45) is 6.51. The van der Waals surface area contributed by atoms with Gasteiger partial charge >= 0.3 is 0 Å². The van der Waals surface area contributed by atoms with E-state index in [2.05, 4.69) is 25.4 Å². The highest BCUT2D eigenvalue weighted by Gasteiger charge is 2.35. The van der Waals surface area contributed by atoms with E-state index in [0.717, 1.165) is 29.9 Å². The molecule has 30 heavy (non-hydrogen) atoms. The quantitative estimate of drug-likeness (QED) is 0.659. The number of nitrogens with one attached hydrogen (secondary N) is 1. The van der Waals surface area contributed by atoms with Crippen molar-refractivity contribution in [1.82, 2.24) is 24.4 Å². The van der Waals surface area contributed by atoms with E-state index < -0.39 is 10.0 Å². The summed E-state index contributed by atoms with van der Waals surface area (Å²) in [5.74, 6) is 0.954. The first-order valence-corrected chi connectivity index (χ1v) is 11.2. The molecule has 1 saturated heterocycles. The molecule has 3 aromatic heterocycles. The predicted octanol–water partition coefficient (Wildman–Crippen LogP) is 3.10. The van der Waals surface area contributed by atoms with E-state index >= 15 is 0 Å². The van der Waals surface area contributed by atoms with Gasteiger partial charge in [-0.3, -0.25) is 9.97 Å². The van der Waals surface area contributed by atoms with Crippen molar-refractivity contribution in [1.29, 1.82) is 0 Å². The number of piperidine rings is 1. The van der Waals surface area contributed by atoms with Crippen LogP contribution >= 0.6 is 0 Å². The molecule has 10 heteroatoms. The number of sulfonamides is 1. The van der Waals surface area contributed by atoms with Crippen LogP contribution in [0.25, 0.3) is 0 Å². The molecule has 9 nitrogen and oxygen atoms in total. The Labute approximate surface area is 175 Å². The van der Waals surface area contributed by atoms with Crippen LogP contribution in [0.15, 0.2) is 40.1 Å². The van der Waals surface area contributed by atoms with Crippen molar-refractivity contribution in [3.8, 4) is 0 Å². The van der Waals surface area contributed by atoms with Gasteiger partial charge in [0.15, 0.2) is 5.76 Å². The second-order valence-corrected chi connectivity index (χ2v) is 9.37. The van der Waals surface area contributed by atoms with Crippen LogP contribution in [0.1, 0.15) is 41.6 Å². The van der Waals surface area contributed by atoms with Gasteiger partial charge in [0.05, 0.1) is 6.20 Å². The maximum absolute atomic E-state index is 13.2. The second-order valence-electron chi connectivity index (χ2n) is 7.49. The number of pyridine rings is 1. The number of hydrogen-bond acceptors (Lipinski definition) is 8. The minimum absolute atomic E-state index is 0.00342. The van der Waals surface area contributed by atoms with Gasteiger partial charge in [-0.1, -0.05) is 5.16 Å². The SMILES string of the molecule is Cc1cc(Nc2cnccn2)cc(C2CCCN(S(=O)(=O)c3c(C)noc3C)C2)n1. The molecular weight excluding hydrogens is 404 g/mol. The standard InChI is InChI=1S/C20H24N6O3S/c1-13-9-17(24-19-11-21-6-7-22-19)10-18(23-13)16-5-4-8-26(12-16)30(27,28)20-14(2)25-29-15(20)3/h6-7,9-11,16H,4-5,8,12H2,1-3H3,(H,22,23,24). The second kappa shape index (κ2) is 8.11. The molecule has 1 unspecified atom stereocenters. The van der Waals surface area contributed by atoms with Crippen LogP contribution in [0.2, 0.25) is 0 Å². The van der Waals surface area contributed by atoms with Crippen molar-refractivity contribution in [3.63, 3.8) is 0 Å². The van der Waals surface area contributed by atoms with Crippen molar-refractivity contribution in [2.45, 2.75) is 44.4 Å². The number of anilines is 2. The Morgan fingerprint density at radius 3 is 2.73 bits per heavy atom. The van der Waals surface area contributed by atoms with Crippen LogP contribution in [-0.4, -0.2) is 45.9 Å². The van der Waals surface area contributed by atoms with Gasteiger partial charge in [-0.25, -0.2) is 13.4 Å². The Bertz CT molecular complexity index is 1130. The first-order chi connectivity index (χ1) is 14.3. The fourth-order valence-corrected chi connectivity index (χ4v) is 5.68. The number of aromatic nitrogens is 4. The van der Waals surface area contributed by atoms with Gasteiger partial charge < -0.3 is 9.84 Å². The highest BCUT2D eigenvalue weighted by Crippen LogP contribution is 2.32. The maximum atomic E-state index is 13.2. The van der Waals surface area contributed by atoms with Crippen LogP contribution in [-0.2, 0) is 10.0 Å². The van der Waals surface area contributed by atoms with Gasteiger partial charge in [0.2, 0.25) is 10.0 Å². The fourth-order valence-electron chi connectivity index (χ4n) is 3.86. The molecule has 0 spiro atoms. The number of rotatable bonds is 5. The molecular formula is C20H24N6O3S. The Morgan fingerprint density at radius 1 is 1.20 bits per heavy atom. The Hall–Kier alpha value is -2.85. The van der Waals surface area contributed by atoms with Crippen molar-refractivity contribution in [3.05, 3.63) is 53.6 Å². The monoisotopic (exact) mass is 428 g/mol. The normalized spacial score (nSPS) is 17.8. The summed E-state index contributed by atoms with van der Waals surface area (Å²) in [5, 5.41) is 7.04. The minimum Gasteiger partial charge on any atom is -0.360 e. The zero-order valence-electron chi connectivity index (χ0n) is 17.2. The van der Waals surface area contributed by atoms with Gasteiger partial charge in [-0.15, -0.1) is 0 Å². The van der Waals surface area contributed by atoms with Crippen LogP contribution in [0.5, 0.6) is 0 Å². The zero-order chi connectivity index (χ0) is 21.3. The molecule has 0 aliphatic carbocycles. The van der Waals surface area contributed by atoms with E-state index in [1.165, 1.54) is 4.31 Å². The molecule has 0 amide bonds. The largest absolute Gasteiger partial charge is 0.360 e. The summed E-state index contributed by atoms with van der Waals surface area (Å²) in [5.41, 5.74) is 2.95. The van der Waals surface area contributed by atoms with Crippen molar-refractivity contribution >= 4 is 21.5 Å². The highest BCUT2D eigenvalue weighted by molar-refractivity contribution is 7.89. The van der Waals surface area contributed by atoms with Gasteiger partial charge in [0.1, 0.15) is 16.4 Å². The summed E-state index contributed by atoms with van der Waals surface area (Å²) in [6.45, 7) is 6.04. The summed E-state index contributed by atoms with van der Waals surface area (Å²) in [4.78, 5) is 13.2. The first-order valence-electron chi connectivity index (χ1n) is 9.79. The zero-order valence-corrected chi connectivity index (χ0v) is 18.0.